The second-order valence-electron chi connectivity index (χ2n) is 17.6. The number of rotatable bonds is 7. The summed E-state index contributed by atoms with van der Waals surface area (Å²) in [5.41, 5.74) is 16.0. The molecule has 0 aliphatic rings. The van der Waals surface area contributed by atoms with Crippen LogP contribution in [-0.4, -0.2) is 24.1 Å². The monoisotopic (exact) mass is 881 g/mol. The van der Waals surface area contributed by atoms with Crippen molar-refractivity contribution in [3.8, 4) is 67.8 Å². The van der Waals surface area contributed by atoms with Gasteiger partial charge in [0, 0.05) is 49.1 Å². The third kappa shape index (κ3) is 6.30. The summed E-state index contributed by atoms with van der Waals surface area (Å²) < 4.78 is 11.1. The molecule has 4 heterocycles. The molecule has 6 nitrogen and oxygen atoms in total. The van der Waals surface area contributed by atoms with E-state index in [1.807, 2.05) is 60.7 Å². The molecule has 0 radical (unpaired) electrons. The third-order valence-electron chi connectivity index (χ3n) is 13.6. The van der Waals surface area contributed by atoms with Gasteiger partial charge in [-0.05, 0) is 88.0 Å². The molecule has 6 heteroatoms. The number of benzene rings is 10. The molecule has 0 atom stereocenters. The number of para-hydroxylation sites is 3. The first kappa shape index (κ1) is 38.8. The summed E-state index contributed by atoms with van der Waals surface area (Å²) in [6, 6.07) is 83.4. The van der Waals surface area contributed by atoms with Gasteiger partial charge in [0.2, 0.25) is 5.95 Å². The summed E-state index contributed by atoms with van der Waals surface area (Å²) >= 11 is 0. The van der Waals surface area contributed by atoms with E-state index in [4.69, 9.17) is 19.4 Å². The minimum absolute atomic E-state index is 0.572. The van der Waals surface area contributed by atoms with E-state index in [0.29, 0.717) is 17.6 Å². The van der Waals surface area contributed by atoms with Crippen LogP contribution in [0.15, 0.2) is 241 Å². The van der Waals surface area contributed by atoms with Gasteiger partial charge in [0.05, 0.1) is 22.1 Å². The van der Waals surface area contributed by atoms with E-state index in [-0.39, 0.29) is 0 Å². The molecular formula is C63H39N5O. The third-order valence-corrected chi connectivity index (χ3v) is 13.6. The Balaban J connectivity index is 0.872. The summed E-state index contributed by atoms with van der Waals surface area (Å²) in [5.74, 6) is 1.82. The zero-order chi connectivity index (χ0) is 45.4. The maximum absolute atomic E-state index is 6.56. The van der Waals surface area contributed by atoms with Crippen LogP contribution in [0, 0.1) is 0 Å². The number of hydrogen-bond acceptors (Lipinski definition) is 4. The molecule has 10 aromatic carbocycles. The topological polar surface area (TPSA) is 61.7 Å². The minimum atomic E-state index is 0.572. The fourth-order valence-corrected chi connectivity index (χ4v) is 10.5. The van der Waals surface area contributed by atoms with Crippen molar-refractivity contribution >= 4 is 65.6 Å². The van der Waals surface area contributed by atoms with Gasteiger partial charge in [-0.15, -0.1) is 0 Å². The molecule has 0 aliphatic carbocycles. The van der Waals surface area contributed by atoms with Gasteiger partial charge in [-0.1, -0.05) is 182 Å². The van der Waals surface area contributed by atoms with Crippen LogP contribution in [0.3, 0.4) is 0 Å². The molecule has 69 heavy (non-hydrogen) atoms. The summed E-state index contributed by atoms with van der Waals surface area (Å²) in [4.78, 5) is 15.3. The van der Waals surface area contributed by atoms with Crippen molar-refractivity contribution in [1.82, 2.24) is 24.1 Å². The highest BCUT2D eigenvalue weighted by Crippen LogP contribution is 2.43. The molecule has 322 valence electrons. The van der Waals surface area contributed by atoms with Crippen molar-refractivity contribution in [2.24, 2.45) is 0 Å². The summed E-state index contributed by atoms with van der Waals surface area (Å²) in [5, 5.41) is 6.94. The number of nitrogens with zero attached hydrogens (tertiary/aromatic N) is 5. The van der Waals surface area contributed by atoms with Crippen LogP contribution in [0.2, 0.25) is 0 Å². The SMILES string of the molecule is c1ccc(-c2nc(-c3ccccc3)nc(-n3c4ccccc4c4c(-c5ccc(-c6ccc7oc8cccc(-c9ccc%10c%11ccccc%11n(-c%11ccccc%11)c%10c9)c8c7c6)cc5)cccc43)n2)cc1. The molecule has 0 amide bonds. The summed E-state index contributed by atoms with van der Waals surface area (Å²) in [6.07, 6.45) is 0. The van der Waals surface area contributed by atoms with Crippen LogP contribution in [0.25, 0.3) is 133 Å². The Bertz CT molecular complexity index is 4230. The van der Waals surface area contributed by atoms with Gasteiger partial charge >= 0.3 is 0 Å². The smallest absolute Gasteiger partial charge is 0.238 e. The van der Waals surface area contributed by atoms with E-state index in [9.17, 15) is 0 Å². The average molecular weight is 882 g/mol. The predicted octanol–water partition coefficient (Wildman–Crippen LogP) is 16.3. The largest absolute Gasteiger partial charge is 0.456 e. The van der Waals surface area contributed by atoms with Crippen molar-refractivity contribution in [1.29, 1.82) is 0 Å². The molecule has 14 rings (SSSR count). The first-order chi connectivity index (χ1) is 34.2. The van der Waals surface area contributed by atoms with E-state index in [2.05, 4.69) is 185 Å². The molecule has 0 bridgehead atoms. The summed E-state index contributed by atoms with van der Waals surface area (Å²) in [6.45, 7) is 0. The number of fused-ring (bicyclic) bond motifs is 9. The van der Waals surface area contributed by atoms with Gasteiger partial charge in [0.1, 0.15) is 11.2 Å². The lowest BCUT2D eigenvalue weighted by atomic mass is 9.95. The number of furan rings is 1. The Labute approximate surface area is 396 Å². The Morgan fingerprint density at radius 1 is 0.290 bits per heavy atom. The van der Waals surface area contributed by atoms with Crippen LogP contribution in [0.5, 0.6) is 0 Å². The van der Waals surface area contributed by atoms with E-state index < -0.39 is 0 Å². The van der Waals surface area contributed by atoms with Gasteiger partial charge in [0.25, 0.3) is 0 Å². The lowest BCUT2D eigenvalue weighted by Gasteiger charge is -2.11. The second-order valence-corrected chi connectivity index (χ2v) is 17.6. The highest BCUT2D eigenvalue weighted by Gasteiger charge is 2.21. The number of aromatic nitrogens is 5. The van der Waals surface area contributed by atoms with Crippen LogP contribution < -0.4 is 0 Å². The predicted molar refractivity (Wildman–Crippen MR) is 283 cm³/mol. The first-order valence-corrected chi connectivity index (χ1v) is 23.3. The van der Waals surface area contributed by atoms with Crippen molar-refractivity contribution in [3.63, 3.8) is 0 Å². The fraction of sp³-hybridized carbons (Fsp3) is 0. The molecule has 0 saturated heterocycles. The van der Waals surface area contributed by atoms with E-state index in [1.54, 1.807) is 0 Å². The standard InChI is InChI=1S/C63H39N5O/c1-4-16-42(17-5-1)61-64-62(43-18-6-2-7-19-43)66-63(65-61)68-54-27-13-11-23-51(54)59-47(24-14-28-55(59)68)41-32-30-40(31-33-41)44-35-37-57-52(38-44)60-48(25-15-29-58(60)69-57)45-34-36-50-49-22-10-12-26-53(49)67(56(50)39-45)46-20-8-3-9-21-46/h1-39H. The Kier molecular flexibility index (Phi) is 8.79. The maximum atomic E-state index is 6.56. The second kappa shape index (κ2) is 15.6. The van der Waals surface area contributed by atoms with E-state index in [0.717, 1.165) is 93.9 Å². The highest BCUT2D eigenvalue weighted by molar-refractivity contribution is 6.17. The molecule has 14 aromatic rings. The van der Waals surface area contributed by atoms with Crippen LogP contribution >= 0.6 is 0 Å². The zero-order valence-electron chi connectivity index (χ0n) is 37.2. The lowest BCUT2D eigenvalue weighted by molar-refractivity contribution is 0.669. The molecule has 0 spiro atoms. The normalized spacial score (nSPS) is 11.8. The molecule has 0 aliphatic heterocycles. The molecular weight excluding hydrogens is 843 g/mol. The minimum Gasteiger partial charge on any atom is -0.456 e. The van der Waals surface area contributed by atoms with E-state index in [1.165, 1.54) is 21.8 Å². The van der Waals surface area contributed by atoms with Crippen molar-refractivity contribution in [2.45, 2.75) is 0 Å². The Morgan fingerprint density at radius 2 is 0.841 bits per heavy atom. The van der Waals surface area contributed by atoms with Crippen LogP contribution in [0.4, 0.5) is 0 Å². The first-order valence-electron chi connectivity index (χ1n) is 23.3. The van der Waals surface area contributed by atoms with Gasteiger partial charge in [-0.2, -0.15) is 9.97 Å². The lowest BCUT2D eigenvalue weighted by Crippen LogP contribution is -2.06. The maximum Gasteiger partial charge on any atom is 0.238 e. The number of hydrogen-bond donors (Lipinski definition) is 0. The fourth-order valence-electron chi connectivity index (χ4n) is 10.5. The molecule has 0 N–H and O–H groups in total. The Hall–Kier alpha value is -9.39. The average Bonchev–Trinajstić information content (AvgIpc) is 4.09. The van der Waals surface area contributed by atoms with Gasteiger partial charge in [0.15, 0.2) is 11.6 Å². The molecule has 0 unspecified atom stereocenters. The van der Waals surface area contributed by atoms with Gasteiger partial charge in [-0.3, -0.25) is 4.57 Å². The zero-order valence-corrected chi connectivity index (χ0v) is 37.2. The molecule has 0 fully saturated rings. The van der Waals surface area contributed by atoms with Gasteiger partial charge in [-0.25, -0.2) is 4.98 Å². The van der Waals surface area contributed by atoms with Crippen molar-refractivity contribution in [3.05, 3.63) is 237 Å². The van der Waals surface area contributed by atoms with Crippen molar-refractivity contribution in [2.75, 3.05) is 0 Å². The Morgan fingerprint density at radius 3 is 1.57 bits per heavy atom. The quantitative estimate of drug-likeness (QED) is 0.160. The molecule has 0 saturated carbocycles. The van der Waals surface area contributed by atoms with Crippen molar-refractivity contribution < 1.29 is 4.42 Å². The van der Waals surface area contributed by atoms with Gasteiger partial charge < -0.3 is 8.98 Å². The van der Waals surface area contributed by atoms with Crippen LogP contribution in [0.1, 0.15) is 0 Å². The van der Waals surface area contributed by atoms with Crippen LogP contribution in [-0.2, 0) is 0 Å². The summed E-state index contributed by atoms with van der Waals surface area (Å²) in [7, 11) is 0. The van der Waals surface area contributed by atoms with E-state index >= 15 is 0 Å². The highest BCUT2D eigenvalue weighted by atomic mass is 16.3. The molecule has 4 aromatic heterocycles.